The minimum atomic E-state index is -0.940. The summed E-state index contributed by atoms with van der Waals surface area (Å²) in [6.07, 6.45) is 11.7. The second-order valence-electron chi connectivity index (χ2n) is 7.15. The molecule has 0 aliphatic heterocycles. The molecule has 2 atom stereocenters. The summed E-state index contributed by atoms with van der Waals surface area (Å²) < 4.78 is 0. The number of carboxylic acid groups (broad SMARTS) is 1. The molecular formula is C20H37NO3. The van der Waals surface area contributed by atoms with Crippen molar-refractivity contribution >= 4 is 11.9 Å². The lowest BCUT2D eigenvalue weighted by atomic mass is 9.93. The fraction of sp³-hybridized carbons (Fsp3) is 0.800. The van der Waals surface area contributed by atoms with Crippen molar-refractivity contribution in [1.29, 1.82) is 0 Å². The quantitative estimate of drug-likeness (QED) is 0.328. The van der Waals surface area contributed by atoms with Crippen molar-refractivity contribution in [3.05, 3.63) is 12.7 Å². The molecule has 0 rings (SSSR count). The lowest BCUT2D eigenvalue weighted by Gasteiger charge is -2.21. The van der Waals surface area contributed by atoms with Gasteiger partial charge in [-0.1, -0.05) is 59.0 Å². The number of aliphatic carboxylic acids is 1. The lowest BCUT2D eigenvalue weighted by molar-refractivity contribution is -0.143. The first kappa shape index (κ1) is 22.7. The van der Waals surface area contributed by atoms with Crippen molar-refractivity contribution in [3.8, 4) is 0 Å². The molecule has 2 N–H and O–H groups in total. The minimum absolute atomic E-state index is 0.0828. The van der Waals surface area contributed by atoms with Crippen LogP contribution in [0.25, 0.3) is 0 Å². The number of amides is 1. The van der Waals surface area contributed by atoms with Gasteiger partial charge < -0.3 is 10.4 Å². The number of carbonyl (C=O) groups is 2. The van der Waals surface area contributed by atoms with Crippen LogP contribution in [0.1, 0.15) is 85.0 Å². The Kier molecular flexibility index (Phi) is 13.3. The Morgan fingerprint density at radius 1 is 1.08 bits per heavy atom. The summed E-state index contributed by atoms with van der Waals surface area (Å²) in [4.78, 5) is 23.9. The molecule has 0 spiro atoms. The summed E-state index contributed by atoms with van der Waals surface area (Å²) in [5.74, 6) is -0.882. The van der Waals surface area contributed by atoms with E-state index in [1.54, 1.807) is 0 Å². The van der Waals surface area contributed by atoms with E-state index < -0.39 is 12.0 Å². The van der Waals surface area contributed by atoms with Crippen molar-refractivity contribution in [2.45, 2.75) is 91.0 Å². The van der Waals surface area contributed by atoms with Gasteiger partial charge in [-0.3, -0.25) is 4.79 Å². The molecule has 0 aromatic carbocycles. The molecule has 0 radical (unpaired) electrons. The molecule has 1 amide bonds. The Bertz CT molecular complexity index is 366. The monoisotopic (exact) mass is 339 g/mol. The average molecular weight is 340 g/mol. The summed E-state index contributed by atoms with van der Waals surface area (Å²) in [6, 6.07) is -0.778. The normalized spacial score (nSPS) is 13.5. The SMILES string of the molecule is C=CCCCC(CCCCCCC)C(=O)N[C@@H](CC(C)C)C(=O)O. The van der Waals surface area contributed by atoms with Gasteiger partial charge in [-0.05, 0) is 38.0 Å². The van der Waals surface area contributed by atoms with E-state index in [1.165, 1.54) is 19.3 Å². The number of hydrogen-bond donors (Lipinski definition) is 2. The number of hydrogen-bond acceptors (Lipinski definition) is 2. The van der Waals surface area contributed by atoms with E-state index >= 15 is 0 Å². The summed E-state index contributed by atoms with van der Waals surface area (Å²) in [6.45, 7) is 9.85. The number of carbonyl (C=O) groups excluding carboxylic acids is 1. The minimum Gasteiger partial charge on any atom is -0.480 e. The second kappa shape index (κ2) is 14.1. The summed E-state index contributed by atoms with van der Waals surface area (Å²) in [5, 5.41) is 12.1. The van der Waals surface area contributed by atoms with Gasteiger partial charge in [0.05, 0.1) is 0 Å². The molecule has 140 valence electrons. The van der Waals surface area contributed by atoms with Gasteiger partial charge in [0.15, 0.2) is 0 Å². The third-order valence-electron chi connectivity index (χ3n) is 4.31. The Labute approximate surface area is 148 Å². The van der Waals surface area contributed by atoms with Crippen LogP contribution in [0.5, 0.6) is 0 Å². The third-order valence-corrected chi connectivity index (χ3v) is 4.31. The zero-order valence-electron chi connectivity index (χ0n) is 15.9. The number of allylic oxidation sites excluding steroid dienone is 1. The number of rotatable bonds is 15. The molecular weight excluding hydrogens is 302 g/mol. The van der Waals surface area contributed by atoms with Gasteiger partial charge in [0.2, 0.25) is 5.91 Å². The molecule has 0 aliphatic carbocycles. The molecule has 4 nitrogen and oxygen atoms in total. The maximum Gasteiger partial charge on any atom is 0.326 e. The zero-order chi connectivity index (χ0) is 18.4. The third kappa shape index (κ3) is 11.3. The maximum atomic E-state index is 12.6. The first-order valence-corrected chi connectivity index (χ1v) is 9.56. The van der Waals surface area contributed by atoms with Crippen LogP contribution in [0.2, 0.25) is 0 Å². The van der Waals surface area contributed by atoms with Crippen LogP contribution < -0.4 is 5.32 Å². The first-order chi connectivity index (χ1) is 11.4. The molecule has 0 saturated heterocycles. The number of unbranched alkanes of at least 4 members (excludes halogenated alkanes) is 5. The second-order valence-corrected chi connectivity index (χ2v) is 7.15. The van der Waals surface area contributed by atoms with E-state index in [2.05, 4.69) is 18.8 Å². The highest BCUT2D eigenvalue weighted by Crippen LogP contribution is 2.19. The predicted molar refractivity (Wildman–Crippen MR) is 99.9 cm³/mol. The van der Waals surface area contributed by atoms with Crippen molar-refractivity contribution in [2.24, 2.45) is 11.8 Å². The molecule has 0 bridgehead atoms. The van der Waals surface area contributed by atoms with Crippen molar-refractivity contribution in [3.63, 3.8) is 0 Å². The van der Waals surface area contributed by atoms with Crippen LogP contribution >= 0.6 is 0 Å². The van der Waals surface area contributed by atoms with E-state index in [1.807, 2.05) is 19.9 Å². The first-order valence-electron chi connectivity index (χ1n) is 9.56. The topological polar surface area (TPSA) is 66.4 Å². The molecule has 0 saturated carbocycles. The van der Waals surface area contributed by atoms with Gasteiger partial charge >= 0.3 is 5.97 Å². The highest BCUT2D eigenvalue weighted by atomic mass is 16.4. The smallest absolute Gasteiger partial charge is 0.326 e. The van der Waals surface area contributed by atoms with Crippen LogP contribution in [0.15, 0.2) is 12.7 Å². The largest absolute Gasteiger partial charge is 0.480 e. The van der Waals surface area contributed by atoms with Crippen molar-refractivity contribution < 1.29 is 14.7 Å². The van der Waals surface area contributed by atoms with E-state index in [9.17, 15) is 14.7 Å². The zero-order valence-corrected chi connectivity index (χ0v) is 15.9. The Morgan fingerprint density at radius 3 is 2.25 bits per heavy atom. The van der Waals surface area contributed by atoms with Gasteiger partial charge in [0, 0.05) is 5.92 Å². The van der Waals surface area contributed by atoms with E-state index in [0.717, 1.165) is 38.5 Å². The average Bonchev–Trinajstić information content (AvgIpc) is 2.51. The van der Waals surface area contributed by atoms with E-state index in [4.69, 9.17) is 0 Å². The van der Waals surface area contributed by atoms with E-state index in [0.29, 0.717) is 6.42 Å². The number of carboxylic acids is 1. The summed E-state index contributed by atoms with van der Waals surface area (Å²) in [5.41, 5.74) is 0. The van der Waals surface area contributed by atoms with Gasteiger partial charge in [-0.2, -0.15) is 0 Å². The highest BCUT2D eigenvalue weighted by Gasteiger charge is 2.25. The van der Waals surface area contributed by atoms with E-state index in [-0.39, 0.29) is 17.7 Å². The van der Waals surface area contributed by atoms with Gasteiger partial charge in [0.1, 0.15) is 6.04 Å². The maximum absolute atomic E-state index is 12.6. The van der Waals surface area contributed by atoms with Gasteiger partial charge in [0.25, 0.3) is 0 Å². The van der Waals surface area contributed by atoms with Gasteiger partial charge in [-0.15, -0.1) is 6.58 Å². The van der Waals surface area contributed by atoms with Crippen molar-refractivity contribution in [2.75, 3.05) is 0 Å². The summed E-state index contributed by atoms with van der Waals surface area (Å²) in [7, 11) is 0. The molecule has 0 aromatic rings. The Hall–Kier alpha value is -1.32. The van der Waals surface area contributed by atoms with Crippen LogP contribution in [-0.4, -0.2) is 23.0 Å². The molecule has 4 heteroatoms. The molecule has 0 aromatic heterocycles. The molecule has 0 aliphatic rings. The van der Waals surface area contributed by atoms with Crippen molar-refractivity contribution in [1.82, 2.24) is 5.32 Å². The standard InChI is InChI=1S/C20H37NO3/c1-5-7-9-10-12-14-17(13-11-8-6-2)19(22)21-18(20(23)24)15-16(3)4/h6,16-18H,2,5,7-15H2,1,3-4H3,(H,21,22)(H,23,24)/t17?,18-/m0/s1. The molecule has 24 heavy (non-hydrogen) atoms. The predicted octanol–water partition coefficient (Wildman–Crippen LogP) is 4.93. The van der Waals surface area contributed by atoms with Crippen LogP contribution in [0.3, 0.4) is 0 Å². The Balaban J connectivity index is 4.56. The fourth-order valence-corrected chi connectivity index (χ4v) is 2.89. The Morgan fingerprint density at radius 2 is 1.71 bits per heavy atom. The highest BCUT2D eigenvalue weighted by molar-refractivity contribution is 5.84. The molecule has 0 fully saturated rings. The van der Waals surface area contributed by atoms with Crippen LogP contribution in [0, 0.1) is 11.8 Å². The van der Waals surface area contributed by atoms with Crippen LogP contribution in [0.4, 0.5) is 0 Å². The number of nitrogens with one attached hydrogen (secondary N) is 1. The van der Waals surface area contributed by atoms with Crippen LogP contribution in [-0.2, 0) is 9.59 Å². The lowest BCUT2D eigenvalue weighted by Crippen LogP contribution is -2.44. The summed E-state index contributed by atoms with van der Waals surface area (Å²) >= 11 is 0. The molecule has 1 unspecified atom stereocenters. The molecule has 0 heterocycles. The fourth-order valence-electron chi connectivity index (χ4n) is 2.89. The van der Waals surface area contributed by atoms with Gasteiger partial charge in [-0.25, -0.2) is 4.79 Å².